The van der Waals surface area contributed by atoms with Gasteiger partial charge < -0.3 is 10.8 Å². The zero-order valence-corrected chi connectivity index (χ0v) is 11.4. The van der Waals surface area contributed by atoms with Gasteiger partial charge in [0.15, 0.2) is 0 Å². The monoisotopic (exact) mass is 283 g/mol. The van der Waals surface area contributed by atoms with Crippen LogP contribution < -0.4 is 5.73 Å². The van der Waals surface area contributed by atoms with Gasteiger partial charge in [0.05, 0.1) is 10.7 Å². The highest BCUT2D eigenvalue weighted by Crippen LogP contribution is 2.21. The van der Waals surface area contributed by atoms with Gasteiger partial charge in [-0.3, -0.25) is 14.7 Å². The number of aliphatic hydroxyl groups is 1. The molecule has 0 spiro atoms. The van der Waals surface area contributed by atoms with Crippen LogP contribution in [-0.4, -0.2) is 40.1 Å². The van der Waals surface area contributed by atoms with Crippen LogP contribution in [0.1, 0.15) is 18.5 Å². The fraction of sp³-hybridized carbons (Fsp3) is 0.538. The van der Waals surface area contributed by atoms with Crippen LogP contribution in [0, 0.1) is 5.92 Å². The molecule has 1 aromatic rings. The topological polar surface area (TPSA) is 79.5 Å². The molecule has 104 valence electrons. The Hall–Kier alpha value is -1.17. The highest BCUT2D eigenvalue weighted by molar-refractivity contribution is 6.30. The fourth-order valence-electron chi connectivity index (χ4n) is 2.39. The summed E-state index contributed by atoms with van der Waals surface area (Å²) in [6, 6.07) is 3.74. The Kier molecular flexibility index (Phi) is 4.74. The number of likely N-dealkylation sites (tertiary alicyclic amines) is 1. The number of carbonyl (C=O) groups excluding carboxylic acids is 1. The number of halogens is 1. The van der Waals surface area contributed by atoms with Crippen LogP contribution >= 0.6 is 11.6 Å². The normalized spacial score (nSPS) is 19.3. The average molecular weight is 284 g/mol. The van der Waals surface area contributed by atoms with Crippen molar-refractivity contribution >= 4 is 17.5 Å². The standard InChI is InChI=1S/C13H18ClN3O2/c14-10-1-2-11(16-7-10)8-17-5-3-9(4-6-17)12(18)13(15)19/h1-2,7,9,12,18H,3-6,8H2,(H2,15,19)/t12-/m1/s1. The van der Waals surface area contributed by atoms with Gasteiger partial charge in [0, 0.05) is 12.7 Å². The van der Waals surface area contributed by atoms with Crippen molar-refractivity contribution in [3.8, 4) is 0 Å². The van der Waals surface area contributed by atoms with E-state index in [1.54, 1.807) is 6.20 Å². The molecule has 2 heterocycles. The summed E-state index contributed by atoms with van der Waals surface area (Å²) in [6.45, 7) is 2.43. The lowest BCUT2D eigenvalue weighted by molar-refractivity contribution is -0.129. The fourth-order valence-corrected chi connectivity index (χ4v) is 2.50. The van der Waals surface area contributed by atoms with Gasteiger partial charge in [-0.2, -0.15) is 0 Å². The third-order valence-electron chi connectivity index (χ3n) is 3.54. The lowest BCUT2D eigenvalue weighted by Crippen LogP contribution is -2.42. The minimum atomic E-state index is -1.02. The van der Waals surface area contributed by atoms with Crippen molar-refractivity contribution < 1.29 is 9.90 Å². The minimum absolute atomic E-state index is 0.0214. The summed E-state index contributed by atoms with van der Waals surface area (Å²) in [5, 5.41) is 10.3. The predicted octanol–water partition coefficient (Wildman–Crippen LogP) is 0.793. The van der Waals surface area contributed by atoms with Gasteiger partial charge in [0.2, 0.25) is 5.91 Å². The lowest BCUT2D eigenvalue weighted by atomic mass is 9.91. The molecule has 0 aromatic carbocycles. The molecule has 1 aliphatic rings. The number of hydrogen-bond donors (Lipinski definition) is 2. The zero-order chi connectivity index (χ0) is 13.8. The van der Waals surface area contributed by atoms with E-state index in [4.69, 9.17) is 17.3 Å². The number of amides is 1. The van der Waals surface area contributed by atoms with Crippen LogP contribution in [0.4, 0.5) is 0 Å². The number of piperidine rings is 1. The number of pyridine rings is 1. The molecule has 0 aliphatic carbocycles. The van der Waals surface area contributed by atoms with Crippen molar-refractivity contribution in [2.45, 2.75) is 25.5 Å². The average Bonchev–Trinajstić information content (AvgIpc) is 2.41. The van der Waals surface area contributed by atoms with Crippen molar-refractivity contribution in [2.75, 3.05) is 13.1 Å². The van der Waals surface area contributed by atoms with E-state index >= 15 is 0 Å². The molecule has 0 saturated carbocycles. The van der Waals surface area contributed by atoms with Crippen LogP contribution in [0.15, 0.2) is 18.3 Å². The number of nitrogens with two attached hydrogens (primary N) is 1. The first-order chi connectivity index (χ1) is 9.06. The van der Waals surface area contributed by atoms with Gasteiger partial charge in [-0.05, 0) is 44.0 Å². The molecule has 0 bridgehead atoms. The first-order valence-electron chi connectivity index (χ1n) is 6.36. The number of hydrogen-bond acceptors (Lipinski definition) is 4. The third-order valence-corrected chi connectivity index (χ3v) is 3.77. The van der Waals surface area contributed by atoms with Crippen LogP contribution in [-0.2, 0) is 11.3 Å². The van der Waals surface area contributed by atoms with E-state index in [-0.39, 0.29) is 5.92 Å². The maximum absolute atomic E-state index is 10.9. The highest BCUT2D eigenvalue weighted by Gasteiger charge is 2.28. The van der Waals surface area contributed by atoms with Gasteiger partial charge in [0.25, 0.3) is 0 Å². The quantitative estimate of drug-likeness (QED) is 0.856. The minimum Gasteiger partial charge on any atom is -0.383 e. The van der Waals surface area contributed by atoms with Crippen molar-refractivity contribution in [1.29, 1.82) is 0 Å². The summed E-state index contributed by atoms with van der Waals surface area (Å²) in [4.78, 5) is 17.4. The second-order valence-corrected chi connectivity index (χ2v) is 5.36. The van der Waals surface area contributed by atoms with E-state index in [9.17, 15) is 9.90 Å². The highest BCUT2D eigenvalue weighted by atomic mass is 35.5. The number of primary amides is 1. The van der Waals surface area contributed by atoms with Crippen LogP contribution in [0.2, 0.25) is 5.02 Å². The Morgan fingerprint density at radius 2 is 2.21 bits per heavy atom. The molecule has 1 fully saturated rings. The Labute approximate surface area is 117 Å². The van der Waals surface area contributed by atoms with E-state index in [0.29, 0.717) is 5.02 Å². The summed E-state index contributed by atoms with van der Waals surface area (Å²) in [5.41, 5.74) is 6.08. The molecule has 1 aromatic heterocycles. The Morgan fingerprint density at radius 3 is 2.74 bits per heavy atom. The van der Waals surface area contributed by atoms with E-state index in [0.717, 1.165) is 38.2 Å². The molecule has 3 N–H and O–H groups in total. The van der Waals surface area contributed by atoms with Crippen molar-refractivity contribution in [3.63, 3.8) is 0 Å². The molecular weight excluding hydrogens is 266 g/mol. The van der Waals surface area contributed by atoms with Crippen molar-refractivity contribution in [2.24, 2.45) is 11.7 Å². The summed E-state index contributed by atoms with van der Waals surface area (Å²) in [5.74, 6) is -0.648. The molecule has 1 atom stereocenters. The summed E-state index contributed by atoms with van der Waals surface area (Å²) in [7, 11) is 0. The van der Waals surface area contributed by atoms with Gasteiger partial charge >= 0.3 is 0 Å². The van der Waals surface area contributed by atoms with Crippen molar-refractivity contribution in [1.82, 2.24) is 9.88 Å². The van der Waals surface area contributed by atoms with E-state index < -0.39 is 12.0 Å². The number of aliphatic hydroxyl groups excluding tert-OH is 1. The smallest absolute Gasteiger partial charge is 0.246 e. The van der Waals surface area contributed by atoms with Crippen LogP contribution in [0.5, 0.6) is 0 Å². The molecule has 5 nitrogen and oxygen atoms in total. The maximum atomic E-state index is 10.9. The molecular formula is C13H18ClN3O2. The lowest BCUT2D eigenvalue weighted by Gasteiger charge is -2.33. The Bertz CT molecular complexity index is 430. The summed E-state index contributed by atoms with van der Waals surface area (Å²) >= 11 is 5.79. The number of nitrogens with zero attached hydrogens (tertiary/aromatic N) is 2. The molecule has 0 radical (unpaired) electrons. The molecule has 1 aliphatic heterocycles. The van der Waals surface area contributed by atoms with Gasteiger partial charge in [0.1, 0.15) is 6.10 Å². The number of rotatable bonds is 4. The molecule has 1 amide bonds. The molecule has 0 unspecified atom stereocenters. The van der Waals surface area contributed by atoms with E-state index in [2.05, 4.69) is 9.88 Å². The molecule has 19 heavy (non-hydrogen) atoms. The first kappa shape index (κ1) is 14.2. The Balaban J connectivity index is 1.83. The van der Waals surface area contributed by atoms with E-state index in [1.807, 2.05) is 12.1 Å². The second-order valence-electron chi connectivity index (χ2n) is 4.93. The largest absolute Gasteiger partial charge is 0.383 e. The van der Waals surface area contributed by atoms with Gasteiger partial charge in [-0.15, -0.1) is 0 Å². The van der Waals surface area contributed by atoms with Gasteiger partial charge in [-0.1, -0.05) is 11.6 Å². The van der Waals surface area contributed by atoms with E-state index in [1.165, 1.54) is 0 Å². The summed E-state index contributed by atoms with van der Waals surface area (Å²) in [6.07, 6.45) is 2.17. The molecule has 1 saturated heterocycles. The molecule has 6 heteroatoms. The molecule has 2 rings (SSSR count). The number of aromatic nitrogens is 1. The summed E-state index contributed by atoms with van der Waals surface area (Å²) < 4.78 is 0. The maximum Gasteiger partial charge on any atom is 0.246 e. The first-order valence-corrected chi connectivity index (χ1v) is 6.74. The van der Waals surface area contributed by atoms with Crippen LogP contribution in [0.25, 0.3) is 0 Å². The van der Waals surface area contributed by atoms with Crippen LogP contribution in [0.3, 0.4) is 0 Å². The predicted molar refractivity (Wildman–Crippen MR) is 72.4 cm³/mol. The zero-order valence-electron chi connectivity index (χ0n) is 10.6. The van der Waals surface area contributed by atoms with Gasteiger partial charge in [-0.25, -0.2) is 0 Å². The number of carbonyl (C=O) groups is 1. The Morgan fingerprint density at radius 1 is 1.53 bits per heavy atom. The SMILES string of the molecule is NC(=O)[C@H](O)C1CCN(Cc2ccc(Cl)cn2)CC1. The third kappa shape index (κ3) is 3.89. The second kappa shape index (κ2) is 6.32. The van der Waals surface area contributed by atoms with Crippen molar-refractivity contribution in [3.05, 3.63) is 29.0 Å².